The Balaban J connectivity index is 2.40. The highest BCUT2D eigenvalue weighted by Gasteiger charge is 2.21. The molecule has 1 aromatic carbocycles. The summed E-state index contributed by atoms with van der Waals surface area (Å²) in [6.07, 6.45) is 0. The minimum atomic E-state index is -0.903. The fraction of sp³-hybridized carbons (Fsp3) is 0.357. The van der Waals surface area contributed by atoms with Crippen LogP contribution in [0.5, 0.6) is 0 Å². The lowest BCUT2D eigenvalue weighted by Crippen LogP contribution is -2.42. The van der Waals surface area contributed by atoms with Crippen LogP contribution in [0, 0.1) is 0 Å². The molecular formula is C14H17NO3S. The highest BCUT2D eigenvalue weighted by atomic mass is 32.1. The van der Waals surface area contributed by atoms with Gasteiger partial charge in [-0.3, -0.25) is 0 Å². The molecular weight excluding hydrogens is 262 g/mol. The fourth-order valence-corrected chi connectivity index (χ4v) is 2.89. The van der Waals surface area contributed by atoms with Gasteiger partial charge in [-0.15, -0.1) is 11.3 Å². The van der Waals surface area contributed by atoms with Gasteiger partial charge in [-0.2, -0.15) is 0 Å². The molecule has 0 amide bonds. The number of carbonyl (C=O) groups is 1. The Hall–Kier alpha value is -1.43. The summed E-state index contributed by atoms with van der Waals surface area (Å²) in [6.45, 7) is 4.18. The Morgan fingerprint density at radius 1 is 1.37 bits per heavy atom. The molecule has 0 atom stereocenters. The fourth-order valence-electron chi connectivity index (χ4n) is 1.83. The molecule has 0 radical (unpaired) electrons. The van der Waals surface area contributed by atoms with Crippen LogP contribution in [-0.2, 0) is 6.54 Å². The molecule has 2 aromatic rings. The second-order valence-electron chi connectivity index (χ2n) is 5.11. The van der Waals surface area contributed by atoms with Crippen LogP contribution in [0.4, 0.5) is 0 Å². The average molecular weight is 279 g/mol. The zero-order valence-corrected chi connectivity index (χ0v) is 11.8. The lowest BCUT2D eigenvalue weighted by Gasteiger charge is -2.23. The van der Waals surface area contributed by atoms with Crippen molar-refractivity contribution in [2.24, 2.45) is 0 Å². The topological polar surface area (TPSA) is 69.6 Å². The highest BCUT2D eigenvalue weighted by Crippen LogP contribution is 2.31. The van der Waals surface area contributed by atoms with Crippen LogP contribution >= 0.6 is 11.3 Å². The largest absolute Gasteiger partial charge is 0.477 e. The van der Waals surface area contributed by atoms with Gasteiger partial charge in [0.05, 0.1) is 6.61 Å². The quantitative estimate of drug-likeness (QED) is 0.786. The number of rotatable bonds is 5. The van der Waals surface area contributed by atoms with Gasteiger partial charge in [0.15, 0.2) is 0 Å². The van der Waals surface area contributed by atoms with Crippen molar-refractivity contribution in [1.29, 1.82) is 0 Å². The second kappa shape index (κ2) is 5.28. The number of hydrogen-bond donors (Lipinski definition) is 3. The van der Waals surface area contributed by atoms with Gasteiger partial charge < -0.3 is 15.5 Å². The van der Waals surface area contributed by atoms with Crippen molar-refractivity contribution in [2.45, 2.75) is 25.9 Å². The summed E-state index contributed by atoms with van der Waals surface area (Å²) in [6, 6.07) is 7.66. The van der Waals surface area contributed by atoms with E-state index in [1.165, 1.54) is 11.3 Å². The predicted molar refractivity (Wildman–Crippen MR) is 76.8 cm³/mol. The van der Waals surface area contributed by atoms with Crippen LogP contribution in [0.1, 0.15) is 29.1 Å². The van der Waals surface area contributed by atoms with Crippen LogP contribution in [0.15, 0.2) is 24.3 Å². The molecule has 0 spiro atoms. The molecule has 0 unspecified atom stereocenters. The van der Waals surface area contributed by atoms with Crippen LogP contribution in [-0.4, -0.2) is 28.3 Å². The summed E-state index contributed by atoms with van der Waals surface area (Å²) in [5.74, 6) is -0.903. The van der Waals surface area contributed by atoms with Gasteiger partial charge in [0.1, 0.15) is 4.88 Å². The van der Waals surface area contributed by atoms with E-state index in [1.807, 2.05) is 38.1 Å². The molecule has 0 saturated carbocycles. The first-order valence-corrected chi connectivity index (χ1v) is 6.86. The summed E-state index contributed by atoms with van der Waals surface area (Å²) in [5, 5.41) is 22.7. The predicted octanol–water partition coefficient (Wildman–Crippen LogP) is 2.46. The molecule has 0 aliphatic carbocycles. The van der Waals surface area contributed by atoms with Crippen LogP contribution < -0.4 is 5.32 Å². The van der Waals surface area contributed by atoms with E-state index in [-0.39, 0.29) is 6.61 Å². The molecule has 19 heavy (non-hydrogen) atoms. The summed E-state index contributed by atoms with van der Waals surface area (Å²) < 4.78 is 0.971. The van der Waals surface area contributed by atoms with Gasteiger partial charge >= 0.3 is 5.97 Å². The summed E-state index contributed by atoms with van der Waals surface area (Å²) >= 11 is 1.29. The van der Waals surface area contributed by atoms with Crippen LogP contribution in [0.25, 0.3) is 10.1 Å². The number of benzene rings is 1. The van der Waals surface area contributed by atoms with E-state index in [1.54, 1.807) is 0 Å². The Morgan fingerprint density at radius 2 is 2.05 bits per heavy atom. The van der Waals surface area contributed by atoms with Gasteiger partial charge in [0.25, 0.3) is 0 Å². The number of nitrogens with one attached hydrogen (secondary N) is 1. The van der Waals surface area contributed by atoms with E-state index >= 15 is 0 Å². The van der Waals surface area contributed by atoms with Crippen LogP contribution in [0.2, 0.25) is 0 Å². The normalized spacial score (nSPS) is 11.9. The Labute approximate surface area is 115 Å². The number of aromatic carboxylic acids is 1. The number of fused-ring (bicyclic) bond motifs is 1. The van der Waals surface area contributed by atoms with E-state index in [9.17, 15) is 15.0 Å². The van der Waals surface area contributed by atoms with E-state index in [0.717, 1.165) is 15.6 Å². The third-order valence-electron chi connectivity index (χ3n) is 3.03. The SMILES string of the molecule is CC(C)(CO)NCc1c(C(=O)O)sc2ccccc12. The minimum absolute atomic E-state index is 0.00251. The van der Waals surface area contributed by atoms with Crippen molar-refractivity contribution in [3.8, 4) is 0 Å². The van der Waals surface area contributed by atoms with Crippen molar-refractivity contribution in [2.75, 3.05) is 6.61 Å². The van der Waals surface area contributed by atoms with Crippen molar-refractivity contribution >= 4 is 27.4 Å². The first kappa shape index (κ1) is 14.0. The molecule has 1 heterocycles. The molecule has 0 fully saturated rings. The van der Waals surface area contributed by atoms with E-state index in [2.05, 4.69) is 5.32 Å². The molecule has 102 valence electrons. The van der Waals surface area contributed by atoms with Gasteiger partial charge in [-0.05, 0) is 30.9 Å². The van der Waals surface area contributed by atoms with Crippen LogP contribution in [0.3, 0.4) is 0 Å². The molecule has 5 heteroatoms. The third-order valence-corrected chi connectivity index (χ3v) is 4.23. The Kier molecular flexibility index (Phi) is 3.89. The number of carboxylic acid groups (broad SMARTS) is 1. The van der Waals surface area contributed by atoms with Gasteiger partial charge in [-0.1, -0.05) is 18.2 Å². The summed E-state index contributed by atoms with van der Waals surface area (Å²) in [7, 11) is 0. The third kappa shape index (κ3) is 2.94. The van der Waals surface area contributed by atoms with E-state index in [0.29, 0.717) is 11.4 Å². The number of aliphatic hydroxyl groups excluding tert-OH is 1. The lowest BCUT2D eigenvalue weighted by atomic mass is 10.1. The van der Waals surface area contributed by atoms with Crippen molar-refractivity contribution in [3.05, 3.63) is 34.7 Å². The molecule has 4 nitrogen and oxygen atoms in total. The first-order valence-electron chi connectivity index (χ1n) is 6.04. The average Bonchev–Trinajstić information content (AvgIpc) is 2.75. The Bertz CT molecular complexity index is 604. The zero-order valence-electron chi connectivity index (χ0n) is 10.9. The maximum absolute atomic E-state index is 11.3. The molecule has 0 aliphatic heterocycles. The number of hydrogen-bond acceptors (Lipinski definition) is 4. The molecule has 2 rings (SSSR count). The maximum atomic E-state index is 11.3. The molecule has 3 N–H and O–H groups in total. The van der Waals surface area contributed by atoms with E-state index < -0.39 is 11.5 Å². The van der Waals surface area contributed by atoms with Crippen molar-refractivity contribution in [1.82, 2.24) is 5.32 Å². The number of aliphatic hydroxyl groups is 1. The monoisotopic (exact) mass is 279 g/mol. The van der Waals surface area contributed by atoms with Crippen molar-refractivity contribution in [3.63, 3.8) is 0 Å². The van der Waals surface area contributed by atoms with Crippen molar-refractivity contribution < 1.29 is 15.0 Å². The van der Waals surface area contributed by atoms with Gasteiger partial charge in [0.2, 0.25) is 0 Å². The Morgan fingerprint density at radius 3 is 2.68 bits per heavy atom. The standard InChI is InChI=1S/C14H17NO3S/c1-14(2,8-16)15-7-10-9-5-3-4-6-11(9)19-12(10)13(17)18/h3-6,15-16H,7-8H2,1-2H3,(H,17,18). The van der Waals surface area contributed by atoms with Gasteiger partial charge in [-0.25, -0.2) is 4.79 Å². The number of thiophene rings is 1. The number of carboxylic acids is 1. The summed E-state index contributed by atoms with van der Waals surface area (Å²) in [5.41, 5.74) is 0.355. The van der Waals surface area contributed by atoms with Gasteiger partial charge in [0, 0.05) is 16.8 Å². The smallest absolute Gasteiger partial charge is 0.346 e. The molecule has 0 bridgehead atoms. The zero-order chi connectivity index (χ0) is 14.0. The minimum Gasteiger partial charge on any atom is -0.477 e. The highest BCUT2D eigenvalue weighted by molar-refractivity contribution is 7.21. The maximum Gasteiger partial charge on any atom is 0.346 e. The molecule has 0 saturated heterocycles. The van der Waals surface area contributed by atoms with E-state index in [4.69, 9.17) is 0 Å². The second-order valence-corrected chi connectivity index (χ2v) is 6.16. The molecule has 0 aliphatic rings. The lowest BCUT2D eigenvalue weighted by molar-refractivity contribution is 0.0700. The summed E-state index contributed by atoms with van der Waals surface area (Å²) in [4.78, 5) is 11.7. The molecule has 1 aromatic heterocycles. The first-order chi connectivity index (χ1) is 8.94.